The third-order valence-corrected chi connectivity index (χ3v) is 8.63. The van der Waals surface area contributed by atoms with E-state index in [1.165, 1.54) is 12.8 Å². The Morgan fingerprint density at radius 2 is 0.927 bits per heavy atom. The van der Waals surface area contributed by atoms with Crippen molar-refractivity contribution in [1.29, 1.82) is 0 Å². The minimum atomic E-state index is -3.63. The fourth-order valence-corrected chi connectivity index (χ4v) is 5.91. The van der Waals surface area contributed by atoms with Gasteiger partial charge in [0.05, 0.1) is 21.2 Å². The number of nitrogens with zero attached hydrogens (tertiary/aromatic N) is 2. The van der Waals surface area contributed by atoms with Crippen molar-refractivity contribution >= 4 is 53.6 Å². The molecule has 0 amide bonds. The van der Waals surface area contributed by atoms with Gasteiger partial charge in [0.15, 0.2) is 24.0 Å². The molecule has 0 aliphatic rings. The summed E-state index contributed by atoms with van der Waals surface area (Å²) < 4.78 is 64.6. The van der Waals surface area contributed by atoms with E-state index in [0.717, 1.165) is 11.1 Å². The van der Waals surface area contributed by atoms with Gasteiger partial charge >= 0.3 is 0 Å². The summed E-state index contributed by atoms with van der Waals surface area (Å²) in [5.41, 5.74) is 4.85. The van der Waals surface area contributed by atoms with Crippen molar-refractivity contribution < 1.29 is 31.1 Å². The largest absolute Gasteiger partial charge is 0.443 e. The predicted molar refractivity (Wildman–Crippen MR) is 156 cm³/mol. The fraction of sp³-hybridized carbons (Fsp3) is 0.0714. The van der Waals surface area contributed by atoms with Crippen molar-refractivity contribution in [3.05, 3.63) is 109 Å². The first-order chi connectivity index (χ1) is 19.1. The maximum Gasteiger partial charge on any atom is 0.261 e. The van der Waals surface area contributed by atoms with Crippen molar-refractivity contribution in [2.24, 2.45) is 0 Å². The van der Waals surface area contributed by atoms with Gasteiger partial charge in [-0.2, -0.15) is 0 Å². The number of sulfonamides is 2. The lowest BCUT2D eigenvalue weighted by Gasteiger charge is -2.08. The number of hydrogen-bond donors (Lipinski definition) is 2. The van der Waals surface area contributed by atoms with Gasteiger partial charge in [-0.1, -0.05) is 47.5 Å². The highest BCUT2D eigenvalue weighted by atomic mass is 32.2. The molecule has 2 heterocycles. The summed E-state index contributed by atoms with van der Waals surface area (Å²) in [4.78, 5) is 8.46. The van der Waals surface area contributed by atoms with E-state index < -0.39 is 20.0 Å². The highest BCUT2D eigenvalue weighted by Crippen LogP contribution is 2.26. The topological polar surface area (TPSA) is 176 Å². The Morgan fingerprint density at radius 3 is 1.29 bits per heavy atom. The number of aryl methyl sites for hydroxylation is 2. The van der Waals surface area contributed by atoms with Crippen LogP contribution in [0.5, 0.6) is 0 Å². The number of para-hydroxylation sites is 2. The molecule has 4 aromatic carbocycles. The molecule has 0 fully saturated rings. The molecule has 0 aliphatic carbocycles. The molecule has 0 bridgehead atoms. The summed E-state index contributed by atoms with van der Waals surface area (Å²) in [5.74, 6) is 0. The van der Waals surface area contributed by atoms with Gasteiger partial charge in [0, 0.05) is 0 Å². The Labute approximate surface area is 236 Å². The van der Waals surface area contributed by atoms with Crippen LogP contribution >= 0.6 is 0 Å². The first-order valence-electron chi connectivity index (χ1n) is 12.0. The molecule has 0 atom stereocenters. The van der Waals surface area contributed by atoms with Crippen LogP contribution < -0.4 is 9.44 Å². The number of anilines is 2. The van der Waals surface area contributed by atoms with Crippen LogP contribution in [-0.4, -0.2) is 32.3 Å². The van der Waals surface area contributed by atoms with Crippen LogP contribution in [0.15, 0.2) is 116 Å². The van der Waals surface area contributed by atoms with Gasteiger partial charge in [0.1, 0.15) is 11.0 Å². The number of benzene rings is 4. The van der Waals surface area contributed by atoms with Gasteiger partial charge in [-0.05, 0) is 62.4 Å². The zero-order valence-electron chi connectivity index (χ0n) is 21.9. The third-order valence-electron chi connectivity index (χ3n) is 5.87. The second-order valence-electron chi connectivity index (χ2n) is 8.85. The molecule has 41 heavy (non-hydrogen) atoms. The molecule has 11 nitrogen and oxygen atoms in total. The molecule has 0 spiro atoms. The normalized spacial score (nSPS) is 11.4. The van der Waals surface area contributed by atoms with Gasteiger partial charge in [0.2, 0.25) is 0 Å². The van der Waals surface area contributed by atoms with Crippen molar-refractivity contribution in [2.45, 2.75) is 23.6 Å². The van der Waals surface area contributed by atoms with Crippen molar-refractivity contribution in [2.75, 3.05) is 9.44 Å². The van der Waals surface area contributed by atoms with E-state index in [-0.39, 0.29) is 15.3 Å². The molecule has 0 unspecified atom stereocenters. The van der Waals surface area contributed by atoms with Crippen LogP contribution in [0.25, 0.3) is 22.2 Å². The van der Waals surface area contributed by atoms with Crippen LogP contribution in [0, 0.1) is 13.8 Å². The highest BCUT2D eigenvalue weighted by molar-refractivity contribution is 7.93. The lowest BCUT2D eigenvalue weighted by atomic mass is 10.2. The lowest BCUT2D eigenvalue weighted by molar-refractivity contribution is 0.599. The molecule has 0 saturated carbocycles. The third kappa shape index (κ3) is 6.54. The predicted octanol–water partition coefficient (Wildman–Crippen LogP) is 5.05. The van der Waals surface area contributed by atoms with Crippen molar-refractivity contribution in [3.8, 4) is 0 Å². The zero-order valence-corrected chi connectivity index (χ0v) is 23.5. The van der Waals surface area contributed by atoms with Crippen LogP contribution in [0.3, 0.4) is 0 Å². The van der Waals surface area contributed by atoms with Crippen molar-refractivity contribution in [1.82, 2.24) is 9.97 Å². The smallest absolute Gasteiger partial charge is 0.261 e. The Bertz CT molecular complexity index is 1850. The van der Waals surface area contributed by atoms with E-state index in [1.54, 1.807) is 84.9 Å². The number of aromatic nitrogens is 2. The monoisotopic (exact) mass is 594 g/mol. The first-order valence-corrected chi connectivity index (χ1v) is 14.9. The Morgan fingerprint density at radius 1 is 0.561 bits per heavy atom. The summed E-state index contributed by atoms with van der Waals surface area (Å²) in [6.07, 6.45) is 2.57. The molecule has 6 rings (SSSR count). The van der Waals surface area contributed by atoms with Crippen molar-refractivity contribution in [3.63, 3.8) is 0 Å². The van der Waals surface area contributed by atoms with E-state index in [1.807, 2.05) is 13.8 Å². The number of oxazole rings is 2. The minimum absolute atomic E-state index is 0. The second-order valence-corrected chi connectivity index (χ2v) is 12.2. The van der Waals surface area contributed by atoms with E-state index in [9.17, 15) is 16.8 Å². The molecular formula is C28H26N4O7S2. The second kappa shape index (κ2) is 11.8. The molecular weight excluding hydrogens is 568 g/mol. The quantitative estimate of drug-likeness (QED) is 0.269. The first kappa shape index (κ1) is 29.3. The lowest BCUT2D eigenvalue weighted by Crippen LogP contribution is -2.13. The van der Waals surface area contributed by atoms with E-state index in [0.29, 0.717) is 33.6 Å². The molecule has 6 aromatic rings. The molecule has 13 heteroatoms. The average Bonchev–Trinajstić information content (AvgIpc) is 3.60. The summed E-state index contributed by atoms with van der Waals surface area (Å²) in [6.45, 7) is 3.81. The van der Waals surface area contributed by atoms with Crippen LogP contribution in [0.4, 0.5) is 11.4 Å². The van der Waals surface area contributed by atoms with Gasteiger partial charge in [-0.3, -0.25) is 9.44 Å². The van der Waals surface area contributed by atoms with Gasteiger partial charge in [-0.25, -0.2) is 26.8 Å². The Balaban J connectivity index is 0.000000184. The molecule has 0 saturated heterocycles. The maximum atomic E-state index is 12.3. The highest BCUT2D eigenvalue weighted by Gasteiger charge is 2.17. The van der Waals surface area contributed by atoms with E-state index in [4.69, 9.17) is 8.83 Å². The Hall–Kier alpha value is -4.72. The maximum absolute atomic E-state index is 12.3. The Kier molecular flexibility index (Phi) is 8.42. The molecule has 212 valence electrons. The van der Waals surface area contributed by atoms with Gasteiger partial charge < -0.3 is 14.3 Å². The number of rotatable bonds is 6. The van der Waals surface area contributed by atoms with Gasteiger partial charge in [-0.15, -0.1) is 0 Å². The molecule has 4 N–H and O–H groups in total. The molecule has 2 aromatic heterocycles. The fourth-order valence-electron chi connectivity index (χ4n) is 3.78. The number of fused-ring (bicyclic) bond motifs is 2. The molecule has 0 aliphatic heterocycles. The summed E-state index contributed by atoms with van der Waals surface area (Å²) in [7, 11) is -7.26. The standard InChI is InChI=1S/2C14H12N2O3S.H2O/c2*1-10-5-7-11(8-6-10)20(17,18)16-12-3-2-4-13-14(12)15-9-19-13;/h2*2-9,16H,1H3;1H2. The van der Waals surface area contributed by atoms with E-state index in [2.05, 4.69) is 19.4 Å². The van der Waals surface area contributed by atoms with Gasteiger partial charge in [0.25, 0.3) is 20.0 Å². The zero-order chi connectivity index (χ0) is 28.3. The van der Waals surface area contributed by atoms with Crippen LogP contribution in [0.2, 0.25) is 0 Å². The average molecular weight is 595 g/mol. The van der Waals surface area contributed by atoms with E-state index >= 15 is 0 Å². The van der Waals surface area contributed by atoms with Crippen LogP contribution in [0.1, 0.15) is 11.1 Å². The SMILES string of the molecule is Cc1ccc(S(=O)(=O)Nc2cccc3ocnc23)cc1.Cc1ccc(S(=O)(=O)Nc2cccc3ocnc23)cc1.O. The summed E-state index contributed by atoms with van der Waals surface area (Å²) in [6, 6.07) is 23.5. The summed E-state index contributed by atoms with van der Waals surface area (Å²) >= 11 is 0. The number of nitrogens with one attached hydrogen (secondary N) is 2. The summed E-state index contributed by atoms with van der Waals surface area (Å²) in [5, 5.41) is 0. The minimum Gasteiger partial charge on any atom is -0.443 e. The van der Waals surface area contributed by atoms with Crippen LogP contribution in [-0.2, 0) is 20.0 Å². The molecule has 0 radical (unpaired) electrons. The number of hydrogen-bond acceptors (Lipinski definition) is 8.